The zero-order chi connectivity index (χ0) is 19.8. The van der Waals surface area contributed by atoms with Gasteiger partial charge in [-0.15, -0.1) is 10.2 Å². The first-order valence-electron chi connectivity index (χ1n) is 9.13. The molecule has 1 atom stereocenters. The molecule has 0 spiro atoms. The fourth-order valence-corrected chi connectivity index (χ4v) is 4.11. The number of carbonyl (C=O) groups is 2. The lowest BCUT2D eigenvalue weighted by molar-refractivity contribution is -0.122. The van der Waals surface area contributed by atoms with Crippen LogP contribution in [0.1, 0.15) is 43.3 Å². The number of anilines is 2. The van der Waals surface area contributed by atoms with Crippen molar-refractivity contribution in [3.8, 4) is 0 Å². The van der Waals surface area contributed by atoms with E-state index in [1.165, 1.54) is 16.9 Å². The van der Waals surface area contributed by atoms with Gasteiger partial charge in [0.1, 0.15) is 5.01 Å². The van der Waals surface area contributed by atoms with Crippen molar-refractivity contribution >= 4 is 34.0 Å². The third-order valence-corrected chi connectivity index (χ3v) is 5.52. The van der Waals surface area contributed by atoms with E-state index >= 15 is 0 Å². The summed E-state index contributed by atoms with van der Waals surface area (Å²) in [7, 11) is 0. The second kappa shape index (κ2) is 7.38. The Hall–Kier alpha value is -2.28. The van der Waals surface area contributed by atoms with Crippen LogP contribution in [0.3, 0.4) is 0 Å². The summed E-state index contributed by atoms with van der Waals surface area (Å²) < 4.78 is 0. The first-order chi connectivity index (χ1) is 12.6. The Labute approximate surface area is 164 Å². The topological polar surface area (TPSA) is 75.2 Å². The number of nitrogens with zero attached hydrogens (tertiary/aromatic N) is 3. The lowest BCUT2D eigenvalue weighted by Crippen LogP contribution is -2.28. The Bertz CT molecular complexity index is 869. The van der Waals surface area contributed by atoms with Crippen LogP contribution in [0.2, 0.25) is 0 Å². The van der Waals surface area contributed by atoms with Crippen LogP contribution in [0, 0.1) is 25.2 Å². The van der Waals surface area contributed by atoms with E-state index in [-0.39, 0.29) is 29.6 Å². The molecule has 6 nitrogen and oxygen atoms in total. The van der Waals surface area contributed by atoms with Crippen LogP contribution in [0.25, 0.3) is 0 Å². The van der Waals surface area contributed by atoms with Crippen molar-refractivity contribution in [3.05, 3.63) is 34.3 Å². The molecule has 1 aromatic heterocycles. The molecule has 2 heterocycles. The van der Waals surface area contributed by atoms with Crippen molar-refractivity contribution < 1.29 is 9.59 Å². The quantitative estimate of drug-likeness (QED) is 0.869. The van der Waals surface area contributed by atoms with Gasteiger partial charge < -0.3 is 10.2 Å². The summed E-state index contributed by atoms with van der Waals surface area (Å²) in [5.41, 5.74) is 3.28. The predicted molar refractivity (Wildman–Crippen MR) is 108 cm³/mol. The van der Waals surface area contributed by atoms with Crippen LogP contribution in [-0.4, -0.2) is 28.6 Å². The zero-order valence-electron chi connectivity index (χ0n) is 16.5. The minimum absolute atomic E-state index is 0.0240. The zero-order valence-corrected chi connectivity index (χ0v) is 17.3. The van der Waals surface area contributed by atoms with Gasteiger partial charge in [0, 0.05) is 25.1 Å². The Balaban J connectivity index is 1.64. The second-order valence-corrected chi connectivity index (χ2v) is 9.46. The van der Waals surface area contributed by atoms with Crippen molar-refractivity contribution in [1.82, 2.24) is 10.2 Å². The van der Waals surface area contributed by atoms with E-state index in [9.17, 15) is 9.59 Å². The largest absolute Gasteiger partial charge is 0.312 e. The second-order valence-electron chi connectivity index (χ2n) is 8.40. The first-order valence-corrected chi connectivity index (χ1v) is 9.95. The Morgan fingerprint density at radius 1 is 1.26 bits per heavy atom. The predicted octanol–water partition coefficient (Wildman–Crippen LogP) is 3.74. The highest BCUT2D eigenvalue weighted by Gasteiger charge is 2.35. The van der Waals surface area contributed by atoms with Crippen LogP contribution in [0.15, 0.2) is 18.2 Å². The first kappa shape index (κ1) is 19.5. The SMILES string of the molecule is Cc1ccc(N2CC(C(=O)Nc3nnc(CC(C)(C)C)s3)CC2=O)cc1C. The van der Waals surface area contributed by atoms with Gasteiger partial charge in [0.25, 0.3) is 0 Å². The van der Waals surface area contributed by atoms with Gasteiger partial charge in [-0.3, -0.25) is 9.59 Å². The van der Waals surface area contributed by atoms with Gasteiger partial charge in [-0.2, -0.15) is 0 Å². The van der Waals surface area contributed by atoms with Crippen LogP contribution in [-0.2, 0) is 16.0 Å². The van der Waals surface area contributed by atoms with Crippen molar-refractivity contribution in [1.29, 1.82) is 0 Å². The fourth-order valence-electron chi connectivity index (χ4n) is 3.06. The van der Waals surface area contributed by atoms with Crippen LogP contribution in [0.5, 0.6) is 0 Å². The monoisotopic (exact) mass is 386 g/mol. The third kappa shape index (κ3) is 4.71. The number of carbonyl (C=O) groups excluding carboxylic acids is 2. The smallest absolute Gasteiger partial charge is 0.231 e. The molecule has 1 aliphatic heterocycles. The molecule has 3 rings (SSSR count). The number of aryl methyl sites for hydroxylation is 2. The summed E-state index contributed by atoms with van der Waals surface area (Å²) in [4.78, 5) is 26.7. The van der Waals surface area contributed by atoms with E-state index in [1.807, 2.05) is 32.0 Å². The summed E-state index contributed by atoms with van der Waals surface area (Å²) in [6.45, 7) is 10.9. The lowest BCUT2D eigenvalue weighted by atomic mass is 9.93. The summed E-state index contributed by atoms with van der Waals surface area (Å²) >= 11 is 1.40. The van der Waals surface area contributed by atoms with E-state index in [2.05, 4.69) is 36.3 Å². The average Bonchev–Trinajstić information content (AvgIpc) is 3.15. The molecule has 0 saturated carbocycles. The molecule has 0 radical (unpaired) electrons. The molecular weight excluding hydrogens is 360 g/mol. The number of nitrogens with one attached hydrogen (secondary N) is 1. The number of hydrogen-bond acceptors (Lipinski definition) is 5. The maximum Gasteiger partial charge on any atom is 0.231 e. The van der Waals surface area contributed by atoms with E-state index in [0.717, 1.165) is 22.7 Å². The van der Waals surface area contributed by atoms with E-state index in [1.54, 1.807) is 4.90 Å². The third-order valence-electron chi connectivity index (χ3n) is 4.68. The van der Waals surface area contributed by atoms with Gasteiger partial charge in [-0.25, -0.2) is 0 Å². The van der Waals surface area contributed by atoms with Gasteiger partial charge in [0.2, 0.25) is 16.9 Å². The maximum atomic E-state index is 12.6. The van der Waals surface area contributed by atoms with Crippen molar-refractivity contribution in [2.24, 2.45) is 11.3 Å². The fraction of sp³-hybridized carbons (Fsp3) is 0.500. The van der Waals surface area contributed by atoms with Crippen molar-refractivity contribution in [2.45, 2.75) is 47.5 Å². The van der Waals surface area contributed by atoms with Gasteiger partial charge in [0.05, 0.1) is 5.92 Å². The van der Waals surface area contributed by atoms with Crippen LogP contribution in [0.4, 0.5) is 10.8 Å². The molecule has 1 saturated heterocycles. The van der Waals surface area contributed by atoms with Crippen molar-refractivity contribution in [2.75, 3.05) is 16.8 Å². The average molecular weight is 387 g/mol. The minimum Gasteiger partial charge on any atom is -0.312 e. The Morgan fingerprint density at radius 3 is 2.67 bits per heavy atom. The summed E-state index contributed by atoms with van der Waals surface area (Å²) in [5, 5.41) is 12.4. The van der Waals surface area contributed by atoms with E-state index in [0.29, 0.717) is 11.7 Å². The summed E-state index contributed by atoms with van der Waals surface area (Å²) in [6, 6.07) is 5.93. The van der Waals surface area contributed by atoms with Gasteiger partial charge in [-0.05, 0) is 42.5 Å². The van der Waals surface area contributed by atoms with Crippen LogP contribution < -0.4 is 10.2 Å². The lowest BCUT2D eigenvalue weighted by Gasteiger charge is -2.17. The van der Waals surface area contributed by atoms with E-state index < -0.39 is 0 Å². The number of hydrogen-bond donors (Lipinski definition) is 1. The molecule has 2 aromatic rings. The molecule has 1 unspecified atom stereocenters. The van der Waals surface area contributed by atoms with Crippen molar-refractivity contribution in [3.63, 3.8) is 0 Å². The molecule has 0 aliphatic carbocycles. The standard InChI is InChI=1S/C20H26N4O2S/c1-12-6-7-15(8-13(12)2)24-11-14(9-17(24)25)18(26)21-19-23-22-16(27-19)10-20(3,4)5/h6-8,14H,9-11H2,1-5H3,(H,21,23,26). The number of amides is 2. The molecule has 2 amide bonds. The molecule has 1 N–H and O–H groups in total. The Morgan fingerprint density at radius 2 is 2.00 bits per heavy atom. The highest BCUT2D eigenvalue weighted by molar-refractivity contribution is 7.15. The molecule has 1 aromatic carbocycles. The van der Waals surface area contributed by atoms with Gasteiger partial charge in [-0.1, -0.05) is 38.2 Å². The highest BCUT2D eigenvalue weighted by atomic mass is 32.1. The number of rotatable bonds is 4. The van der Waals surface area contributed by atoms with Gasteiger partial charge >= 0.3 is 0 Å². The molecule has 7 heteroatoms. The molecule has 27 heavy (non-hydrogen) atoms. The summed E-state index contributed by atoms with van der Waals surface area (Å²) in [5.74, 6) is -0.577. The molecule has 1 aliphatic rings. The molecular formula is C20H26N4O2S. The normalized spacial score (nSPS) is 17.4. The molecule has 144 valence electrons. The minimum atomic E-state index is -0.380. The van der Waals surface area contributed by atoms with E-state index in [4.69, 9.17) is 0 Å². The Kier molecular flexibility index (Phi) is 5.33. The number of benzene rings is 1. The molecule has 1 fully saturated rings. The summed E-state index contributed by atoms with van der Waals surface area (Å²) in [6.07, 6.45) is 1.02. The highest BCUT2D eigenvalue weighted by Crippen LogP contribution is 2.29. The maximum absolute atomic E-state index is 12.6. The molecule has 0 bridgehead atoms. The van der Waals surface area contributed by atoms with Gasteiger partial charge in [0.15, 0.2) is 0 Å². The van der Waals surface area contributed by atoms with Crippen LogP contribution >= 0.6 is 11.3 Å². The number of aromatic nitrogens is 2.